The number of hydrazone groups is 1. The van der Waals surface area contributed by atoms with E-state index in [0.29, 0.717) is 16.1 Å². The molecule has 0 radical (unpaired) electrons. The highest BCUT2D eigenvalue weighted by molar-refractivity contribution is 7.13. The molecule has 0 spiro atoms. The zero-order valence-electron chi connectivity index (χ0n) is 16.0. The summed E-state index contributed by atoms with van der Waals surface area (Å²) >= 11 is 1.35. The summed E-state index contributed by atoms with van der Waals surface area (Å²) in [5, 5.41) is 31.5. The van der Waals surface area contributed by atoms with Gasteiger partial charge < -0.3 is 20.4 Å². The summed E-state index contributed by atoms with van der Waals surface area (Å²) in [6.07, 6.45) is 1.30. The lowest BCUT2D eigenvalue weighted by molar-refractivity contribution is -0.307. The lowest BCUT2D eigenvalue weighted by atomic mass is 10.2. The van der Waals surface area contributed by atoms with Gasteiger partial charge in [-0.1, -0.05) is 23.4 Å². The van der Waals surface area contributed by atoms with Crippen LogP contribution in [0.5, 0.6) is 5.75 Å². The summed E-state index contributed by atoms with van der Waals surface area (Å²) in [5.41, 5.74) is 8.85. The van der Waals surface area contributed by atoms with Crippen LogP contribution in [-0.2, 0) is 4.79 Å². The normalized spacial score (nSPS) is 11.0. The number of thiophene rings is 1. The third-order valence-corrected chi connectivity index (χ3v) is 4.85. The molecule has 4 rings (SSSR count). The minimum absolute atomic E-state index is 0.0224. The Hall–Kier alpha value is -4.59. The van der Waals surface area contributed by atoms with E-state index in [-0.39, 0.29) is 23.1 Å². The second kappa shape index (κ2) is 9.05. The number of para-hydroxylation sites is 1. The fourth-order valence-corrected chi connectivity index (χ4v) is 3.38. The molecule has 0 saturated heterocycles. The van der Waals surface area contributed by atoms with Crippen LogP contribution >= 0.6 is 11.3 Å². The van der Waals surface area contributed by atoms with Gasteiger partial charge in [-0.05, 0) is 33.9 Å². The van der Waals surface area contributed by atoms with Gasteiger partial charge in [0.25, 0.3) is 5.91 Å². The summed E-state index contributed by atoms with van der Waals surface area (Å²) in [6, 6.07) is 10.1. The van der Waals surface area contributed by atoms with Gasteiger partial charge in [0, 0.05) is 5.56 Å². The number of nitrogens with one attached hydrogen (secondary N) is 1. The molecule has 14 heteroatoms. The van der Waals surface area contributed by atoms with Gasteiger partial charge in [-0.15, -0.1) is 16.4 Å². The van der Waals surface area contributed by atoms with Crippen molar-refractivity contribution in [1.29, 1.82) is 0 Å². The average Bonchev–Trinajstić information content (AvgIpc) is 3.52. The highest BCUT2D eigenvalue weighted by atomic mass is 32.1. The van der Waals surface area contributed by atoms with Crippen LogP contribution in [0.2, 0.25) is 0 Å². The van der Waals surface area contributed by atoms with Crippen LogP contribution in [0.25, 0.3) is 16.4 Å². The van der Waals surface area contributed by atoms with E-state index in [1.165, 1.54) is 22.2 Å². The highest BCUT2D eigenvalue weighted by Gasteiger charge is 2.25. The van der Waals surface area contributed by atoms with E-state index in [1.807, 2.05) is 5.38 Å². The van der Waals surface area contributed by atoms with E-state index >= 15 is 0 Å². The third kappa shape index (κ3) is 4.29. The minimum atomic E-state index is -1.36. The Kier molecular flexibility index (Phi) is 5.85. The molecule has 1 aromatic carbocycles. The van der Waals surface area contributed by atoms with Crippen molar-refractivity contribution in [2.24, 2.45) is 5.10 Å². The maximum Gasteiger partial charge on any atom is 0.294 e. The summed E-state index contributed by atoms with van der Waals surface area (Å²) in [6.45, 7) is -0.621. The zero-order valence-corrected chi connectivity index (χ0v) is 16.9. The van der Waals surface area contributed by atoms with Crippen LogP contribution in [0.15, 0.2) is 51.5 Å². The zero-order chi connectivity index (χ0) is 22.5. The standard InChI is InChI=1S/C18H14N8O5S/c19-16-17(24-31-23-16)26-15(12-6-3-7-32-12)14(21-25-26)18(29)22-20-8-10-4-1-2-5-11(10)30-9-13(27)28/h1-8H,9H2,(H2,19,23)(H,22,29)(H,27,28)/p-1. The highest BCUT2D eigenvalue weighted by Crippen LogP contribution is 2.29. The summed E-state index contributed by atoms with van der Waals surface area (Å²) in [4.78, 5) is 24.1. The number of carbonyl (C=O) groups is 2. The predicted octanol–water partition coefficient (Wildman–Crippen LogP) is -0.146. The van der Waals surface area contributed by atoms with Gasteiger partial charge in [0.2, 0.25) is 11.6 Å². The molecule has 3 heterocycles. The number of amides is 1. The minimum Gasteiger partial charge on any atom is -0.546 e. The fraction of sp³-hybridized carbons (Fsp3) is 0.0556. The van der Waals surface area contributed by atoms with Crippen molar-refractivity contribution in [3.8, 4) is 22.1 Å². The first-order valence-corrected chi connectivity index (χ1v) is 9.75. The molecule has 0 aliphatic carbocycles. The summed E-state index contributed by atoms with van der Waals surface area (Å²) in [5.74, 6) is -1.70. The number of ether oxygens (including phenoxy) is 1. The van der Waals surface area contributed by atoms with Crippen LogP contribution < -0.4 is 21.0 Å². The van der Waals surface area contributed by atoms with E-state index in [4.69, 9.17) is 10.5 Å². The first-order valence-electron chi connectivity index (χ1n) is 8.87. The molecule has 0 bridgehead atoms. The van der Waals surface area contributed by atoms with Crippen molar-refractivity contribution < 1.29 is 24.1 Å². The molecule has 13 nitrogen and oxygen atoms in total. The fourth-order valence-electron chi connectivity index (χ4n) is 2.62. The van der Waals surface area contributed by atoms with Crippen molar-refractivity contribution in [2.45, 2.75) is 0 Å². The van der Waals surface area contributed by atoms with Gasteiger partial charge in [0.05, 0.1) is 17.1 Å². The predicted molar refractivity (Wildman–Crippen MR) is 109 cm³/mol. The Labute approximate surface area is 183 Å². The quantitative estimate of drug-likeness (QED) is 0.268. The number of hydrogen-bond donors (Lipinski definition) is 2. The van der Waals surface area contributed by atoms with Crippen molar-refractivity contribution >= 4 is 35.2 Å². The second-order valence-corrected chi connectivity index (χ2v) is 6.99. The molecular weight excluding hydrogens is 440 g/mol. The summed E-state index contributed by atoms with van der Waals surface area (Å²) in [7, 11) is 0. The SMILES string of the molecule is Nc1nonc1-n1nnc(C(=O)NN=Cc2ccccc2OCC(=O)[O-])c1-c1cccs1. The molecule has 3 N–H and O–H groups in total. The number of nitrogens with two attached hydrogens (primary N) is 1. The van der Waals surface area contributed by atoms with Gasteiger partial charge in [0.15, 0.2) is 5.69 Å². The van der Waals surface area contributed by atoms with Crippen molar-refractivity contribution in [3.63, 3.8) is 0 Å². The molecule has 4 aromatic rings. The van der Waals surface area contributed by atoms with E-state index in [0.717, 1.165) is 0 Å². The Morgan fingerprint density at radius 3 is 2.84 bits per heavy atom. The Morgan fingerprint density at radius 2 is 2.12 bits per heavy atom. The number of aliphatic carboxylic acids is 1. The number of carboxylic acids is 1. The second-order valence-electron chi connectivity index (χ2n) is 6.05. The summed E-state index contributed by atoms with van der Waals surface area (Å²) < 4.78 is 11.0. The third-order valence-electron chi connectivity index (χ3n) is 3.97. The monoisotopic (exact) mass is 453 g/mol. The molecule has 3 aromatic heterocycles. The molecule has 0 fully saturated rings. The Morgan fingerprint density at radius 1 is 1.28 bits per heavy atom. The molecule has 0 unspecified atom stereocenters. The lowest BCUT2D eigenvalue weighted by Gasteiger charge is -2.09. The molecule has 0 aliphatic rings. The Bertz CT molecular complexity index is 1280. The van der Waals surface area contributed by atoms with Crippen molar-refractivity contribution in [2.75, 3.05) is 12.3 Å². The molecule has 0 saturated carbocycles. The molecule has 0 atom stereocenters. The number of benzene rings is 1. The van der Waals surface area contributed by atoms with Gasteiger partial charge in [0.1, 0.15) is 18.1 Å². The van der Waals surface area contributed by atoms with E-state index in [1.54, 1.807) is 36.4 Å². The lowest BCUT2D eigenvalue weighted by Crippen LogP contribution is -2.29. The smallest absolute Gasteiger partial charge is 0.294 e. The number of hydrogen-bond acceptors (Lipinski definition) is 12. The van der Waals surface area contributed by atoms with Gasteiger partial charge in [-0.2, -0.15) is 9.78 Å². The van der Waals surface area contributed by atoms with Gasteiger partial charge in [-0.25, -0.2) is 10.1 Å². The average molecular weight is 453 g/mol. The number of aromatic nitrogens is 5. The van der Waals surface area contributed by atoms with Crippen molar-refractivity contribution in [1.82, 2.24) is 30.7 Å². The molecule has 0 aliphatic heterocycles. The van der Waals surface area contributed by atoms with E-state index < -0.39 is 18.5 Å². The number of nitrogen functional groups attached to an aromatic ring is 1. The van der Waals surface area contributed by atoms with Crippen LogP contribution in [0.4, 0.5) is 5.82 Å². The number of carbonyl (C=O) groups excluding carboxylic acids is 2. The first kappa shape index (κ1) is 20.7. The first-order chi connectivity index (χ1) is 15.5. The largest absolute Gasteiger partial charge is 0.546 e. The van der Waals surface area contributed by atoms with Crippen LogP contribution in [0, 0.1) is 0 Å². The molecule has 162 valence electrons. The van der Waals surface area contributed by atoms with Gasteiger partial charge >= 0.3 is 0 Å². The number of nitrogens with zero attached hydrogens (tertiary/aromatic N) is 6. The molecule has 32 heavy (non-hydrogen) atoms. The van der Waals surface area contributed by atoms with Crippen LogP contribution in [-0.4, -0.2) is 50.0 Å². The topological polar surface area (TPSA) is 186 Å². The Balaban J connectivity index is 1.58. The molecular formula is C18H13N8O5S-. The number of rotatable bonds is 8. The van der Waals surface area contributed by atoms with E-state index in [2.05, 4.69) is 35.8 Å². The maximum atomic E-state index is 12.8. The number of carboxylic acid groups (broad SMARTS) is 1. The van der Waals surface area contributed by atoms with Crippen LogP contribution in [0.1, 0.15) is 16.1 Å². The van der Waals surface area contributed by atoms with E-state index in [9.17, 15) is 14.7 Å². The van der Waals surface area contributed by atoms with Crippen molar-refractivity contribution in [3.05, 3.63) is 53.0 Å². The maximum absolute atomic E-state index is 12.8. The molecule has 1 amide bonds. The van der Waals surface area contributed by atoms with Crippen LogP contribution in [0.3, 0.4) is 0 Å². The van der Waals surface area contributed by atoms with Gasteiger partial charge in [-0.3, -0.25) is 4.79 Å². The number of anilines is 1.